The van der Waals surface area contributed by atoms with Gasteiger partial charge in [-0.15, -0.1) is 0 Å². The van der Waals surface area contributed by atoms with E-state index in [1.165, 1.54) is 19.0 Å². The molecule has 0 bridgehead atoms. The van der Waals surface area contributed by atoms with E-state index in [-0.39, 0.29) is 11.3 Å². The third-order valence-corrected chi connectivity index (χ3v) is 9.20. The topological polar surface area (TPSA) is 175 Å². The standard InChI is InChI=1S/C22H22I2N2O8/c1-5-8-6(23)4-7(24)15(27)10(8)16(28)11-9(5)17(29)13-14(26(2)3)18(30)12(21(25)33)20(32)22(13,34)19(11)31/h4-5,9,11-14,17,27,29,34H,1-3H3,(H2,25,33)/t5-,9+,11?,12?,13+,14-,17-,22-/m0/s1. The Labute approximate surface area is 221 Å². The summed E-state index contributed by atoms with van der Waals surface area (Å²) in [5.74, 6) is -13.1. The van der Waals surface area contributed by atoms with Crippen molar-refractivity contribution < 1.29 is 39.3 Å². The van der Waals surface area contributed by atoms with Gasteiger partial charge in [-0.2, -0.15) is 0 Å². The van der Waals surface area contributed by atoms with E-state index in [1.54, 1.807) is 13.0 Å². The van der Waals surface area contributed by atoms with E-state index in [4.69, 9.17) is 5.73 Å². The van der Waals surface area contributed by atoms with E-state index in [1.807, 2.05) is 45.2 Å². The first kappa shape index (κ1) is 25.6. The number of nitrogens with zero attached hydrogens (tertiary/aromatic N) is 1. The predicted molar refractivity (Wildman–Crippen MR) is 133 cm³/mol. The Hall–Kier alpha value is -1.49. The number of hydrogen-bond acceptors (Lipinski definition) is 9. The zero-order chi connectivity index (χ0) is 25.6. The molecule has 0 spiro atoms. The molecule has 5 N–H and O–H groups in total. The lowest BCUT2D eigenvalue weighted by Gasteiger charge is -2.56. The van der Waals surface area contributed by atoms with E-state index >= 15 is 0 Å². The first-order chi connectivity index (χ1) is 15.7. The molecule has 1 amide bonds. The molecule has 1 aromatic rings. The largest absolute Gasteiger partial charge is 0.506 e. The Morgan fingerprint density at radius 3 is 2.24 bits per heavy atom. The number of aliphatic hydroxyl groups is 2. The van der Waals surface area contributed by atoms with Crippen LogP contribution in [-0.4, -0.2) is 81.1 Å². The monoisotopic (exact) mass is 696 g/mol. The maximum absolute atomic E-state index is 13.8. The van der Waals surface area contributed by atoms with Gasteiger partial charge in [0.25, 0.3) is 0 Å². The van der Waals surface area contributed by atoms with Gasteiger partial charge in [-0.05, 0) is 76.8 Å². The molecule has 0 radical (unpaired) electrons. The van der Waals surface area contributed by atoms with E-state index in [0.717, 1.165) is 0 Å². The van der Waals surface area contributed by atoms with E-state index in [2.05, 4.69) is 0 Å². The number of carbonyl (C=O) groups excluding carboxylic acids is 5. The Balaban J connectivity index is 1.99. The molecule has 3 aliphatic carbocycles. The van der Waals surface area contributed by atoms with Crippen molar-refractivity contribution in [1.82, 2.24) is 4.90 Å². The zero-order valence-electron chi connectivity index (χ0n) is 18.3. The quantitative estimate of drug-likeness (QED) is 0.237. The lowest BCUT2D eigenvalue weighted by molar-refractivity contribution is -0.196. The molecule has 2 saturated carbocycles. The number of phenols is 1. The molecule has 3 aliphatic rings. The maximum Gasteiger partial charge on any atom is 0.235 e. The van der Waals surface area contributed by atoms with Crippen molar-refractivity contribution in [2.45, 2.75) is 30.6 Å². The highest BCUT2D eigenvalue weighted by molar-refractivity contribution is 14.1. The molecule has 4 rings (SSSR count). The molecule has 0 heterocycles. The van der Waals surface area contributed by atoms with E-state index in [0.29, 0.717) is 12.7 Å². The summed E-state index contributed by atoms with van der Waals surface area (Å²) < 4.78 is 1.02. The number of amides is 1. The number of hydrogen-bond donors (Lipinski definition) is 4. The second kappa shape index (κ2) is 8.28. The van der Waals surface area contributed by atoms with Crippen LogP contribution in [0.4, 0.5) is 0 Å². The average Bonchev–Trinajstić information content (AvgIpc) is 2.73. The average molecular weight is 696 g/mol. The Morgan fingerprint density at radius 1 is 1.12 bits per heavy atom. The highest BCUT2D eigenvalue weighted by Crippen LogP contribution is 2.55. The number of halogens is 2. The number of ketones is 4. The van der Waals surface area contributed by atoms with Crippen LogP contribution in [0, 0.1) is 30.8 Å². The first-order valence-corrected chi connectivity index (χ1v) is 12.6. The number of phenolic OH excluding ortho intramolecular Hbond substituents is 1. The van der Waals surface area contributed by atoms with Gasteiger partial charge in [0.15, 0.2) is 34.7 Å². The summed E-state index contributed by atoms with van der Waals surface area (Å²) in [6.45, 7) is 1.68. The van der Waals surface area contributed by atoms with Crippen LogP contribution in [0.15, 0.2) is 6.07 Å². The van der Waals surface area contributed by atoms with Crippen molar-refractivity contribution in [3.63, 3.8) is 0 Å². The number of benzene rings is 1. The molecule has 0 aliphatic heterocycles. The fourth-order valence-corrected chi connectivity index (χ4v) is 8.30. The molecule has 10 nitrogen and oxygen atoms in total. The Kier molecular flexibility index (Phi) is 6.24. The summed E-state index contributed by atoms with van der Waals surface area (Å²) in [7, 11) is 2.90. The maximum atomic E-state index is 13.8. The number of likely N-dealkylation sites (N-methyl/N-ethyl adjacent to an activating group) is 1. The fraction of sp³-hybridized carbons (Fsp3) is 0.500. The molecule has 182 valence electrons. The van der Waals surface area contributed by atoms with Crippen molar-refractivity contribution in [1.29, 1.82) is 0 Å². The van der Waals surface area contributed by atoms with Crippen LogP contribution in [0.2, 0.25) is 0 Å². The van der Waals surface area contributed by atoms with Crippen molar-refractivity contribution in [2.75, 3.05) is 14.1 Å². The van der Waals surface area contributed by atoms with Crippen LogP contribution < -0.4 is 5.73 Å². The summed E-state index contributed by atoms with van der Waals surface area (Å²) in [5.41, 5.74) is 2.65. The van der Waals surface area contributed by atoms with Crippen LogP contribution >= 0.6 is 45.2 Å². The van der Waals surface area contributed by atoms with Gasteiger partial charge in [-0.1, -0.05) is 6.92 Å². The smallest absolute Gasteiger partial charge is 0.235 e. The van der Waals surface area contributed by atoms with E-state index < -0.39 is 76.4 Å². The van der Waals surface area contributed by atoms with Crippen LogP contribution in [0.25, 0.3) is 0 Å². The zero-order valence-corrected chi connectivity index (χ0v) is 22.6. The van der Waals surface area contributed by atoms with Gasteiger partial charge in [-0.25, -0.2) is 0 Å². The second-order valence-corrected chi connectivity index (χ2v) is 11.7. The molecule has 0 aromatic heterocycles. The number of aromatic hydroxyl groups is 1. The minimum absolute atomic E-state index is 0.0948. The number of Topliss-reactive ketones (excluding diaryl/α,β-unsaturated/α-hetero) is 4. The van der Waals surface area contributed by atoms with Gasteiger partial charge < -0.3 is 21.1 Å². The van der Waals surface area contributed by atoms with Crippen molar-refractivity contribution in [3.05, 3.63) is 24.3 Å². The summed E-state index contributed by atoms with van der Waals surface area (Å²) >= 11 is 3.85. The Bertz CT molecular complexity index is 1180. The number of aliphatic hydroxyl groups excluding tert-OH is 1. The third kappa shape index (κ3) is 3.10. The molecule has 8 atom stereocenters. The minimum Gasteiger partial charge on any atom is -0.506 e. The second-order valence-electron chi connectivity index (χ2n) is 9.34. The molecule has 1 aromatic carbocycles. The predicted octanol–water partition coefficient (Wildman–Crippen LogP) is -0.392. The van der Waals surface area contributed by atoms with Gasteiger partial charge in [0.2, 0.25) is 5.91 Å². The lowest BCUT2D eigenvalue weighted by Crippen LogP contribution is -2.77. The van der Waals surface area contributed by atoms with Crippen LogP contribution in [0.3, 0.4) is 0 Å². The number of nitrogens with two attached hydrogens (primary N) is 1. The Morgan fingerprint density at radius 2 is 1.71 bits per heavy atom. The minimum atomic E-state index is -2.99. The molecule has 12 heteroatoms. The van der Waals surface area contributed by atoms with E-state index in [9.17, 15) is 39.3 Å². The SMILES string of the molecule is C[C@H]1c2c(I)cc(I)c(O)c2C(=O)C2C(=O)[C@]3(O)C(=O)C(C(N)=O)C(=O)[C@@H](N(C)C)[C@@H]3[C@@H](O)[C@@H]21. The van der Waals surface area contributed by atoms with Gasteiger partial charge in [0, 0.05) is 9.49 Å². The third-order valence-electron chi connectivity index (χ3n) is 7.49. The summed E-state index contributed by atoms with van der Waals surface area (Å²) in [4.78, 5) is 67.1. The number of rotatable bonds is 2. The molecular weight excluding hydrogens is 674 g/mol. The van der Waals surface area contributed by atoms with Crippen LogP contribution in [0.1, 0.15) is 28.8 Å². The summed E-state index contributed by atoms with van der Waals surface area (Å²) in [5, 5.41) is 33.7. The van der Waals surface area contributed by atoms with Crippen molar-refractivity contribution >= 4 is 74.2 Å². The molecule has 2 unspecified atom stereocenters. The fourth-order valence-electron chi connectivity index (χ4n) is 6.05. The molecule has 0 saturated heterocycles. The molecule has 34 heavy (non-hydrogen) atoms. The van der Waals surface area contributed by atoms with Crippen LogP contribution in [0.5, 0.6) is 5.75 Å². The lowest BCUT2D eigenvalue weighted by atomic mass is 9.49. The summed E-state index contributed by atoms with van der Waals surface area (Å²) in [6, 6.07) is 0.286. The van der Waals surface area contributed by atoms with Crippen molar-refractivity contribution in [3.8, 4) is 5.75 Å². The van der Waals surface area contributed by atoms with Crippen molar-refractivity contribution in [2.24, 2.45) is 29.4 Å². The van der Waals surface area contributed by atoms with Gasteiger partial charge in [0.1, 0.15) is 5.75 Å². The highest BCUT2D eigenvalue weighted by atomic mass is 127. The van der Waals surface area contributed by atoms with Gasteiger partial charge in [0.05, 0.1) is 33.1 Å². The molecule has 2 fully saturated rings. The number of carbonyl (C=O) groups is 5. The highest BCUT2D eigenvalue weighted by Gasteiger charge is 2.73. The number of primary amides is 1. The molecular formula is C22H22I2N2O8. The van der Waals surface area contributed by atoms with Gasteiger partial charge in [-0.3, -0.25) is 28.9 Å². The summed E-state index contributed by atoms with van der Waals surface area (Å²) in [6.07, 6.45) is -1.63. The normalized spacial score (nSPS) is 37.4. The van der Waals surface area contributed by atoms with Crippen LogP contribution in [-0.2, 0) is 19.2 Å². The first-order valence-electron chi connectivity index (χ1n) is 10.4. The van der Waals surface area contributed by atoms with Gasteiger partial charge >= 0.3 is 0 Å². The number of fused-ring (bicyclic) bond motifs is 3.